The predicted molar refractivity (Wildman–Crippen MR) is 86.0 cm³/mol. The number of hydrogen-bond donors (Lipinski definition) is 1. The van der Waals surface area contributed by atoms with Crippen LogP contribution in [0.15, 0.2) is 53.9 Å². The van der Waals surface area contributed by atoms with Crippen LogP contribution in [-0.2, 0) is 4.79 Å². The van der Waals surface area contributed by atoms with Gasteiger partial charge < -0.3 is 4.74 Å². The molecule has 1 aromatic carbocycles. The molecule has 114 valence electrons. The number of benzene rings is 1. The second-order valence-corrected chi connectivity index (χ2v) is 5.09. The molecule has 0 spiro atoms. The Morgan fingerprint density at radius 2 is 1.91 bits per heavy atom. The van der Waals surface area contributed by atoms with E-state index in [1.165, 1.54) is 5.56 Å². The smallest absolute Gasteiger partial charge is 0.277 e. The van der Waals surface area contributed by atoms with Crippen LogP contribution in [0.1, 0.15) is 30.9 Å². The quantitative estimate of drug-likeness (QED) is 0.658. The maximum absolute atomic E-state index is 11.6. The van der Waals surface area contributed by atoms with Gasteiger partial charge in [0.1, 0.15) is 5.75 Å². The van der Waals surface area contributed by atoms with E-state index in [0.717, 1.165) is 5.56 Å². The summed E-state index contributed by atoms with van der Waals surface area (Å²) in [5.74, 6) is 0.829. The van der Waals surface area contributed by atoms with Gasteiger partial charge >= 0.3 is 0 Å². The van der Waals surface area contributed by atoms with Crippen LogP contribution in [0.5, 0.6) is 5.75 Å². The lowest BCUT2D eigenvalue weighted by molar-refractivity contribution is -0.123. The van der Waals surface area contributed by atoms with Gasteiger partial charge in [0, 0.05) is 12.4 Å². The number of amides is 1. The molecule has 2 aromatic rings. The zero-order valence-corrected chi connectivity index (χ0v) is 12.7. The lowest BCUT2D eigenvalue weighted by atomic mass is 10.0. The molecule has 1 aromatic heterocycles. The van der Waals surface area contributed by atoms with Crippen molar-refractivity contribution in [1.82, 2.24) is 10.4 Å². The van der Waals surface area contributed by atoms with Crippen LogP contribution in [0, 0.1) is 0 Å². The first-order valence-electron chi connectivity index (χ1n) is 7.10. The Hall–Kier alpha value is -2.69. The summed E-state index contributed by atoms with van der Waals surface area (Å²) >= 11 is 0. The average Bonchev–Trinajstić information content (AvgIpc) is 2.54. The van der Waals surface area contributed by atoms with Crippen molar-refractivity contribution in [3.63, 3.8) is 0 Å². The number of nitrogens with zero attached hydrogens (tertiary/aromatic N) is 2. The van der Waals surface area contributed by atoms with Crippen LogP contribution < -0.4 is 10.2 Å². The van der Waals surface area contributed by atoms with E-state index < -0.39 is 0 Å². The van der Waals surface area contributed by atoms with Gasteiger partial charge in [0.15, 0.2) is 6.61 Å². The van der Waals surface area contributed by atoms with E-state index in [4.69, 9.17) is 4.74 Å². The molecule has 5 nitrogen and oxygen atoms in total. The molecule has 2 rings (SSSR count). The molecule has 0 saturated carbocycles. The number of pyridine rings is 1. The fourth-order valence-electron chi connectivity index (χ4n) is 1.76. The molecule has 1 N–H and O–H groups in total. The number of hydrazone groups is 1. The second kappa shape index (κ2) is 7.93. The third kappa shape index (κ3) is 5.01. The summed E-state index contributed by atoms with van der Waals surface area (Å²) in [7, 11) is 0. The van der Waals surface area contributed by atoms with Crippen molar-refractivity contribution >= 4 is 12.1 Å². The minimum Gasteiger partial charge on any atom is -0.484 e. The molecule has 0 atom stereocenters. The van der Waals surface area contributed by atoms with Crippen molar-refractivity contribution in [2.75, 3.05) is 6.61 Å². The molecular formula is C17H19N3O2. The highest BCUT2D eigenvalue weighted by Gasteiger charge is 2.03. The first-order chi connectivity index (χ1) is 10.6. The highest BCUT2D eigenvalue weighted by Crippen LogP contribution is 2.18. The van der Waals surface area contributed by atoms with E-state index in [1.54, 1.807) is 30.7 Å². The van der Waals surface area contributed by atoms with Gasteiger partial charge in [0.05, 0.1) is 6.21 Å². The Kier molecular flexibility index (Phi) is 5.65. The van der Waals surface area contributed by atoms with Crippen molar-refractivity contribution in [3.05, 3.63) is 59.9 Å². The Morgan fingerprint density at radius 1 is 1.23 bits per heavy atom. The molecular weight excluding hydrogens is 278 g/mol. The summed E-state index contributed by atoms with van der Waals surface area (Å²) in [6, 6.07) is 11.3. The highest BCUT2D eigenvalue weighted by molar-refractivity contribution is 5.82. The minimum atomic E-state index is -0.307. The Bertz CT molecular complexity index is 622. The van der Waals surface area contributed by atoms with E-state index in [2.05, 4.69) is 29.4 Å². The van der Waals surface area contributed by atoms with Crippen LogP contribution in [0.25, 0.3) is 0 Å². The first kappa shape index (κ1) is 15.7. The SMILES string of the molecule is CC(C)c1ccc(OCC(=O)N/N=C\c2ccncc2)cc1. The molecule has 0 saturated heterocycles. The van der Waals surface area contributed by atoms with E-state index in [-0.39, 0.29) is 12.5 Å². The normalized spacial score (nSPS) is 10.9. The summed E-state index contributed by atoms with van der Waals surface area (Å²) < 4.78 is 5.41. The zero-order chi connectivity index (χ0) is 15.8. The van der Waals surface area contributed by atoms with E-state index in [0.29, 0.717) is 11.7 Å². The molecule has 22 heavy (non-hydrogen) atoms. The summed E-state index contributed by atoms with van der Waals surface area (Å²) in [4.78, 5) is 15.5. The van der Waals surface area contributed by atoms with Crippen LogP contribution >= 0.6 is 0 Å². The molecule has 0 radical (unpaired) electrons. The molecule has 0 fully saturated rings. The molecule has 1 amide bonds. The zero-order valence-electron chi connectivity index (χ0n) is 12.7. The van der Waals surface area contributed by atoms with Crippen LogP contribution in [-0.4, -0.2) is 23.7 Å². The average molecular weight is 297 g/mol. The number of carbonyl (C=O) groups is 1. The van der Waals surface area contributed by atoms with Crippen molar-refractivity contribution in [2.45, 2.75) is 19.8 Å². The number of rotatable bonds is 6. The van der Waals surface area contributed by atoms with Gasteiger partial charge in [-0.1, -0.05) is 26.0 Å². The summed E-state index contributed by atoms with van der Waals surface area (Å²) in [5.41, 5.74) is 4.51. The number of aromatic nitrogens is 1. The van der Waals surface area contributed by atoms with Crippen molar-refractivity contribution < 1.29 is 9.53 Å². The molecule has 0 aliphatic carbocycles. The van der Waals surface area contributed by atoms with Gasteiger partial charge in [-0.3, -0.25) is 9.78 Å². The topological polar surface area (TPSA) is 63.6 Å². The molecule has 0 aliphatic rings. The lowest BCUT2D eigenvalue weighted by Crippen LogP contribution is -2.24. The summed E-state index contributed by atoms with van der Waals surface area (Å²) in [6.45, 7) is 4.18. The maximum Gasteiger partial charge on any atom is 0.277 e. The fourth-order valence-corrected chi connectivity index (χ4v) is 1.76. The highest BCUT2D eigenvalue weighted by atomic mass is 16.5. The Balaban J connectivity index is 1.77. The molecule has 0 bridgehead atoms. The maximum atomic E-state index is 11.6. The predicted octanol–water partition coefficient (Wildman–Crippen LogP) is 2.73. The van der Waals surface area contributed by atoms with Crippen molar-refractivity contribution in [2.24, 2.45) is 5.10 Å². The third-order valence-electron chi connectivity index (χ3n) is 3.03. The fraction of sp³-hybridized carbons (Fsp3) is 0.235. The van der Waals surface area contributed by atoms with Gasteiger partial charge in [-0.15, -0.1) is 0 Å². The van der Waals surface area contributed by atoms with Crippen molar-refractivity contribution in [1.29, 1.82) is 0 Å². The van der Waals surface area contributed by atoms with Gasteiger partial charge in [0.25, 0.3) is 5.91 Å². The first-order valence-corrected chi connectivity index (χ1v) is 7.10. The third-order valence-corrected chi connectivity index (χ3v) is 3.03. The van der Waals surface area contributed by atoms with Gasteiger partial charge in [-0.25, -0.2) is 5.43 Å². The van der Waals surface area contributed by atoms with E-state index >= 15 is 0 Å². The summed E-state index contributed by atoms with van der Waals surface area (Å²) in [6.07, 6.45) is 4.87. The van der Waals surface area contributed by atoms with E-state index in [1.807, 2.05) is 24.3 Å². The standard InChI is InChI=1S/C17H19N3O2/c1-13(2)15-3-5-16(6-4-15)22-12-17(21)20-19-11-14-7-9-18-10-8-14/h3-11,13H,12H2,1-2H3,(H,20,21)/b19-11-. The molecule has 0 aliphatic heterocycles. The molecule has 5 heteroatoms. The van der Waals surface area contributed by atoms with Gasteiger partial charge in [-0.05, 0) is 41.3 Å². The second-order valence-electron chi connectivity index (χ2n) is 5.09. The van der Waals surface area contributed by atoms with Crippen molar-refractivity contribution in [3.8, 4) is 5.75 Å². The van der Waals surface area contributed by atoms with Gasteiger partial charge in [0.2, 0.25) is 0 Å². The largest absolute Gasteiger partial charge is 0.484 e. The Morgan fingerprint density at radius 3 is 2.55 bits per heavy atom. The van der Waals surface area contributed by atoms with Crippen LogP contribution in [0.2, 0.25) is 0 Å². The minimum absolute atomic E-state index is 0.0747. The Labute approximate surface area is 130 Å². The molecule has 0 unspecified atom stereocenters. The number of ether oxygens (including phenoxy) is 1. The molecule has 1 heterocycles. The number of hydrogen-bond acceptors (Lipinski definition) is 4. The number of nitrogens with one attached hydrogen (secondary N) is 1. The van der Waals surface area contributed by atoms with E-state index in [9.17, 15) is 4.79 Å². The lowest BCUT2D eigenvalue weighted by Gasteiger charge is -2.08. The van der Waals surface area contributed by atoms with Crippen LogP contribution in [0.4, 0.5) is 0 Å². The van der Waals surface area contributed by atoms with Gasteiger partial charge in [-0.2, -0.15) is 5.10 Å². The number of carbonyl (C=O) groups excluding carboxylic acids is 1. The summed E-state index contributed by atoms with van der Waals surface area (Å²) in [5, 5.41) is 3.86. The van der Waals surface area contributed by atoms with Crippen LogP contribution in [0.3, 0.4) is 0 Å². The monoisotopic (exact) mass is 297 g/mol.